The van der Waals surface area contributed by atoms with Crippen LogP contribution in [0, 0.1) is 0 Å². The monoisotopic (exact) mass is 353 g/mol. The van der Waals surface area contributed by atoms with Crippen molar-refractivity contribution in [1.82, 2.24) is 25.1 Å². The van der Waals surface area contributed by atoms with Crippen molar-refractivity contribution in [3.8, 4) is 11.4 Å². The summed E-state index contributed by atoms with van der Waals surface area (Å²) < 4.78 is 1.89. The van der Waals surface area contributed by atoms with E-state index < -0.39 is 0 Å². The summed E-state index contributed by atoms with van der Waals surface area (Å²) >= 11 is 1.39. The lowest BCUT2D eigenvalue weighted by molar-refractivity contribution is -0.120. The molecular weight excluding hydrogens is 334 g/mol. The Labute approximate surface area is 150 Å². The highest BCUT2D eigenvalue weighted by atomic mass is 32.2. The fraction of sp³-hybridized carbons (Fsp3) is 0.222. The Morgan fingerprint density at radius 3 is 2.60 bits per heavy atom. The summed E-state index contributed by atoms with van der Waals surface area (Å²) in [7, 11) is 1.90. The highest BCUT2D eigenvalue weighted by Crippen LogP contribution is 2.25. The third-order valence-electron chi connectivity index (χ3n) is 3.73. The Balaban J connectivity index is 1.62. The highest BCUT2D eigenvalue weighted by Gasteiger charge is 2.19. The van der Waals surface area contributed by atoms with Crippen molar-refractivity contribution in [2.24, 2.45) is 7.05 Å². The second-order valence-corrected chi connectivity index (χ2v) is 6.87. The summed E-state index contributed by atoms with van der Waals surface area (Å²) in [6.45, 7) is 2.39. The van der Waals surface area contributed by atoms with Crippen LogP contribution >= 0.6 is 11.8 Å². The summed E-state index contributed by atoms with van der Waals surface area (Å²) in [5.41, 5.74) is 2.02. The number of benzene rings is 1. The number of carbonyl (C=O) groups is 1. The summed E-state index contributed by atoms with van der Waals surface area (Å²) in [6, 6.07) is 13.6. The second-order valence-electron chi connectivity index (χ2n) is 5.56. The predicted octanol–water partition coefficient (Wildman–Crippen LogP) is 2.67. The zero-order valence-corrected chi connectivity index (χ0v) is 14.9. The molecule has 0 spiro atoms. The fourth-order valence-electron chi connectivity index (χ4n) is 2.31. The molecule has 7 heteroatoms. The van der Waals surface area contributed by atoms with Gasteiger partial charge in [-0.3, -0.25) is 9.78 Å². The van der Waals surface area contributed by atoms with Gasteiger partial charge in [0.25, 0.3) is 0 Å². The second kappa shape index (κ2) is 7.94. The molecule has 0 bridgehead atoms. The van der Waals surface area contributed by atoms with Crippen LogP contribution in [0.5, 0.6) is 0 Å². The first-order valence-corrected chi connectivity index (χ1v) is 8.81. The molecule has 1 aromatic carbocycles. The number of hydrogen-bond donors (Lipinski definition) is 1. The molecule has 0 aliphatic rings. The van der Waals surface area contributed by atoms with Crippen LogP contribution in [-0.4, -0.2) is 30.9 Å². The molecule has 0 saturated heterocycles. The first-order chi connectivity index (χ1) is 12.1. The van der Waals surface area contributed by atoms with Crippen molar-refractivity contribution in [3.63, 3.8) is 0 Å². The first kappa shape index (κ1) is 17.2. The van der Waals surface area contributed by atoms with Crippen molar-refractivity contribution in [3.05, 3.63) is 60.4 Å². The normalized spacial score (nSPS) is 11.9. The molecule has 1 atom stereocenters. The maximum Gasteiger partial charge on any atom is 0.233 e. The van der Waals surface area contributed by atoms with Crippen LogP contribution in [0.4, 0.5) is 0 Å². The van der Waals surface area contributed by atoms with E-state index in [1.54, 1.807) is 12.4 Å². The van der Waals surface area contributed by atoms with Crippen molar-refractivity contribution >= 4 is 17.7 Å². The fourth-order valence-corrected chi connectivity index (χ4v) is 3.15. The number of aromatic nitrogens is 4. The van der Waals surface area contributed by atoms with Gasteiger partial charge in [-0.05, 0) is 24.6 Å². The number of nitrogens with one attached hydrogen (secondary N) is 1. The van der Waals surface area contributed by atoms with Crippen molar-refractivity contribution in [2.75, 3.05) is 0 Å². The lowest BCUT2D eigenvalue weighted by Crippen LogP contribution is -2.30. The molecule has 1 N–H and O–H groups in total. The van der Waals surface area contributed by atoms with Crippen LogP contribution in [0.25, 0.3) is 11.4 Å². The SMILES string of the molecule is CC(Sc1nnc(-c2ccncc2)n1C)C(=O)NCc1ccccc1. The molecule has 1 amide bonds. The molecule has 3 aromatic rings. The summed E-state index contributed by atoms with van der Waals surface area (Å²) in [6.07, 6.45) is 3.44. The van der Waals surface area contributed by atoms with E-state index in [-0.39, 0.29) is 11.2 Å². The molecule has 0 aliphatic carbocycles. The van der Waals surface area contributed by atoms with Crippen LogP contribution in [0.2, 0.25) is 0 Å². The van der Waals surface area contributed by atoms with Gasteiger partial charge >= 0.3 is 0 Å². The molecule has 3 rings (SSSR count). The average molecular weight is 353 g/mol. The lowest BCUT2D eigenvalue weighted by Gasteiger charge is -2.11. The zero-order chi connectivity index (χ0) is 17.6. The number of pyridine rings is 1. The van der Waals surface area contributed by atoms with Gasteiger partial charge in [-0.2, -0.15) is 0 Å². The molecular formula is C18H19N5OS. The number of amides is 1. The van der Waals surface area contributed by atoms with Crippen LogP contribution in [0.1, 0.15) is 12.5 Å². The molecule has 2 heterocycles. The van der Waals surface area contributed by atoms with E-state index in [0.29, 0.717) is 11.7 Å². The Kier molecular flexibility index (Phi) is 5.45. The van der Waals surface area contributed by atoms with E-state index in [4.69, 9.17) is 0 Å². The number of nitrogens with zero attached hydrogens (tertiary/aromatic N) is 4. The maximum absolute atomic E-state index is 12.3. The van der Waals surface area contributed by atoms with E-state index >= 15 is 0 Å². The molecule has 1 unspecified atom stereocenters. The van der Waals surface area contributed by atoms with Crippen molar-refractivity contribution < 1.29 is 4.79 Å². The Hall–Kier alpha value is -2.67. The quantitative estimate of drug-likeness (QED) is 0.690. The molecule has 0 saturated carbocycles. The van der Waals surface area contributed by atoms with Crippen LogP contribution < -0.4 is 5.32 Å². The van der Waals surface area contributed by atoms with E-state index in [1.165, 1.54) is 11.8 Å². The van der Waals surface area contributed by atoms with Gasteiger partial charge in [0, 0.05) is 31.5 Å². The summed E-state index contributed by atoms with van der Waals surface area (Å²) in [4.78, 5) is 16.3. The van der Waals surface area contributed by atoms with Crippen LogP contribution in [-0.2, 0) is 18.4 Å². The molecule has 6 nitrogen and oxygen atoms in total. The first-order valence-electron chi connectivity index (χ1n) is 7.93. The molecule has 128 valence electrons. The summed E-state index contributed by atoms with van der Waals surface area (Å²) in [5.74, 6) is 0.726. The van der Waals surface area contributed by atoms with Gasteiger partial charge in [0.15, 0.2) is 11.0 Å². The van der Waals surface area contributed by atoms with E-state index in [9.17, 15) is 4.79 Å². The summed E-state index contributed by atoms with van der Waals surface area (Å²) in [5, 5.41) is 11.8. The van der Waals surface area contributed by atoms with Crippen molar-refractivity contribution in [1.29, 1.82) is 0 Å². The van der Waals surface area contributed by atoms with E-state index in [2.05, 4.69) is 20.5 Å². The van der Waals surface area contributed by atoms with Gasteiger partial charge in [-0.1, -0.05) is 42.1 Å². The Morgan fingerprint density at radius 2 is 1.88 bits per heavy atom. The van der Waals surface area contributed by atoms with Gasteiger partial charge in [0.1, 0.15) is 0 Å². The number of thioether (sulfide) groups is 1. The van der Waals surface area contributed by atoms with Gasteiger partial charge < -0.3 is 9.88 Å². The maximum atomic E-state index is 12.3. The van der Waals surface area contributed by atoms with Gasteiger partial charge in [-0.25, -0.2) is 0 Å². The minimum atomic E-state index is -0.267. The minimum Gasteiger partial charge on any atom is -0.351 e. The van der Waals surface area contributed by atoms with Gasteiger partial charge in [0.2, 0.25) is 5.91 Å². The number of hydrogen-bond acceptors (Lipinski definition) is 5. The van der Waals surface area contributed by atoms with Crippen LogP contribution in [0.15, 0.2) is 60.0 Å². The Morgan fingerprint density at radius 1 is 1.16 bits per heavy atom. The predicted molar refractivity (Wildman–Crippen MR) is 97.8 cm³/mol. The third kappa shape index (κ3) is 4.24. The molecule has 2 aromatic heterocycles. The lowest BCUT2D eigenvalue weighted by atomic mass is 10.2. The Bertz CT molecular complexity index is 835. The molecule has 25 heavy (non-hydrogen) atoms. The van der Waals surface area contributed by atoms with E-state index in [0.717, 1.165) is 17.0 Å². The zero-order valence-electron chi connectivity index (χ0n) is 14.1. The number of rotatable bonds is 6. The van der Waals surface area contributed by atoms with E-state index in [1.807, 2.05) is 61.0 Å². The van der Waals surface area contributed by atoms with Gasteiger partial charge in [-0.15, -0.1) is 10.2 Å². The molecule has 0 aliphatic heterocycles. The standard InChI is InChI=1S/C18H19N5OS/c1-13(17(24)20-12-14-6-4-3-5-7-14)25-18-22-21-16(23(18)2)15-8-10-19-11-9-15/h3-11,13H,12H2,1-2H3,(H,20,24). The highest BCUT2D eigenvalue weighted by molar-refractivity contribution is 8.00. The topological polar surface area (TPSA) is 72.7 Å². The van der Waals surface area contributed by atoms with Crippen molar-refractivity contribution in [2.45, 2.75) is 23.9 Å². The third-order valence-corrected chi connectivity index (χ3v) is 4.87. The van der Waals surface area contributed by atoms with Gasteiger partial charge in [0.05, 0.1) is 5.25 Å². The average Bonchev–Trinajstić information content (AvgIpc) is 3.01. The van der Waals surface area contributed by atoms with Crippen LogP contribution in [0.3, 0.4) is 0 Å². The minimum absolute atomic E-state index is 0.0256. The molecule has 0 radical (unpaired) electrons. The molecule has 0 fully saturated rings. The largest absolute Gasteiger partial charge is 0.351 e. The number of carbonyl (C=O) groups excluding carboxylic acids is 1. The smallest absolute Gasteiger partial charge is 0.233 e.